The zero-order chi connectivity index (χ0) is 19.0. The van der Waals surface area contributed by atoms with Crippen molar-refractivity contribution in [2.24, 2.45) is 0 Å². The van der Waals surface area contributed by atoms with Crippen LogP contribution in [0.25, 0.3) is 11.3 Å². The molecule has 0 bridgehead atoms. The number of amides is 1. The fourth-order valence-corrected chi connectivity index (χ4v) is 3.57. The van der Waals surface area contributed by atoms with E-state index in [9.17, 15) is 9.18 Å². The number of halogens is 1. The van der Waals surface area contributed by atoms with Crippen LogP contribution in [0, 0.1) is 12.7 Å². The van der Waals surface area contributed by atoms with Gasteiger partial charge in [-0.05, 0) is 24.6 Å². The zero-order valence-electron chi connectivity index (χ0n) is 15.2. The number of benzene rings is 2. The van der Waals surface area contributed by atoms with Crippen LogP contribution in [0.1, 0.15) is 33.2 Å². The van der Waals surface area contributed by atoms with Crippen molar-refractivity contribution in [3.8, 4) is 11.3 Å². The molecule has 3 aromatic rings. The van der Waals surface area contributed by atoms with Gasteiger partial charge in [0.05, 0.1) is 18.3 Å². The van der Waals surface area contributed by atoms with Crippen LogP contribution < -0.4 is 0 Å². The number of hydrogen-bond donors (Lipinski definition) is 1. The molecule has 1 aliphatic rings. The molecule has 138 valence electrons. The molecule has 2 aromatic carbocycles. The third-order valence-corrected chi connectivity index (χ3v) is 4.89. The minimum Gasteiger partial charge on any atom is -0.383 e. The number of aromatic amines is 1. The van der Waals surface area contributed by atoms with Crippen LogP contribution in [-0.2, 0) is 4.74 Å². The van der Waals surface area contributed by atoms with Crippen LogP contribution in [0.2, 0.25) is 0 Å². The Morgan fingerprint density at radius 3 is 2.70 bits per heavy atom. The summed E-state index contributed by atoms with van der Waals surface area (Å²) in [6, 6.07) is 13.9. The smallest absolute Gasteiger partial charge is 0.273 e. The SMILES string of the molecule is COCCN1C(=O)c2[nH]nc(-c3ccc(C)cc3)c2C1c1cccc(F)c1. The van der Waals surface area contributed by atoms with Gasteiger partial charge >= 0.3 is 0 Å². The van der Waals surface area contributed by atoms with E-state index in [1.165, 1.54) is 12.1 Å². The number of H-pyrrole nitrogens is 1. The molecule has 0 radical (unpaired) electrons. The van der Waals surface area contributed by atoms with Gasteiger partial charge in [0.1, 0.15) is 11.5 Å². The molecule has 27 heavy (non-hydrogen) atoms. The quantitative estimate of drug-likeness (QED) is 0.750. The van der Waals surface area contributed by atoms with Crippen molar-refractivity contribution in [2.45, 2.75) is 13.0 Å². The molecule has 1 aromatic heterocycles. The molecule has 0 spiro atoms. The number of aryl methyl sites for hydroxylation is 1. The van der Waals surface area contributed by atoms with Crippen LogP contribution in [-0.4, -0.2) is 41.3 Å². The average molecular weight is 365 g/mol. The number of carbonyl (C=O) groups excluding carboxylic acids is 1. The van der Waals surface area contributed by atoms with Gasteiger partial charge in [-0.1, -0.05) is 42.0 Å². The third kappa shape index (κ3) is 3.02. The van der Waals surface area contributed by atoms with Gasteiger partial charge in [-0.3, -0.25) is 9.89 Å². The Labute approximate surface area is 156 Å². The normalized spacial score (nSPS) is 16.0. The molecule has 0 fully saturated rings. The average Bonchev–Trinajstić information content (AvgIpc) is 3.20. The molecule has 2 heterocycles. The van der Waals surface area contributed by atoms with Gasteiger partial charge in [0.2, 0.25) is 0 Å². The number of aromatic nitrogens is 2. The number of ether oxygens (including phenoxy) is 1. The second-order valence-electron chi connectivity index (χ2n) is 6.68. The Morgan fingerprint density at radius 2 is 2.00 bits per heavy atom. The van der Waals surface area contributed by atoms with E-state index < -0.39 is 6.04 Å². The number of hydrogen-bond acceptors (Lipinski definition) is 3. The van der Waals surface area contributed by atoms with Crippen molar-refractivity contribution < 1.29 is 13.9 Å². The lowest BCUT2D eigenvalue weighted by Gasteiger charge is -2.26. The number of carbonyl (C=O) groups is 1. The lowest BCUT2D eigenvalue weighted by Crippen LogP contribution is -2.32. The fraction of sp³-hybridized carbons (Fsp3) is 0.238. The first-order valence-corrected chi connectivity index (χ1v) is 8.81. The van der Waals surface area contributed by atoms with E-state index in [1.807, 2.05) is 37.3 Å². The van der Waals surface area contributed by atoms with E-state index in [4.69, 9.17) is 4.74 Å². The molecule has 1 unspecified atom stereocenters. The summed E-state index contributed by atoms with van der Waals surface area (Å²) in [5.41, 5.74) is 4.73. The number of nitrogens with one attached hydrogen (secondary N) is 1. The summed E-state index contributed by atoms with van der Waals surface area (Å²) in [6.07, 6.45) is 0. The Hall–Kier alpha value is -2.99. The Morgan fingerprint density at radius 1 is 1.22 bits per heavy atom. The molecule has 5 nitrogen and oxygen atoms in total. The lowest BCUT2D eigenvalue weighted by atomic mass is 9.95. The molecule has 1 atom stereocenters. The maximum absolute atomic E-state index is 13.9. The second kappa shape index (κ2) is 6.96. The number of methoxy groups -OCH3 is 1. The van der Waals surface area contributed by atoms with Crippen molar-refractivity contribution in [3.63, 3.8) is 0 Å². The van der Waals surface area contributed by atoms with Crippen LogP contribution in [0.3, 0.4) is 0 Å². The highest BCUT2D eigenvalue weighted by Gasteiger charge is 2.42. The Bertz CT molecular complexity index is 981. The van der Waals surface area contributed by atoms with Crippen LogP contribution in [0.4, 0.5) is 4.39 Å². The van der Waals surface area contributed by atoms with E-state index in [0.717, 1.165) is 16.7 Å². The van der Waals surface area contributed by atoms with Crippen molar-refractivity contribution in [3.05, 3.63) is 76.7 Å². The van der Waals surface area contributed by atoms with Gasteiger partial charge < -0.3 is 9.64 Å². The molecule has 1 N–H and O–H groups in total. The molecular formula is C21H20FN3O2. The summed E-state index contributed by atoms with van der Waals surface area (Å²) >= 11 is 0. The monoisotopic (exact) mass is 365 g/mol. The first-order valence-electron chi connectivity index (χ1n) is 8.81. The number of fused-ring (bicyclic) bond motifs is 1. The molecular weight excluding hydrogens is 345 g/mol. The van der Waals surface area contributed by atoms with E-state index in [1.54, 1.807) is 18.1 Å². The highest BCUT2D eigenvalue weighted by Crippen LogP contribution is 2.42. The highest BCUT2D eigenvalue weighted by atomic mass is 19.1. The molecule has 0 aliphatic carbocycles. The first kappa shape index (κ1) is 17.4. The summed E-state index contributed by atoms with van der Waals surface area (Å²) < 4.78 is 19.1. The summed E-state index contributed by atoms with van der Waals surface area (Å²) in [5.74, 6) is -0.484. The van der Waals surface area contributed by atoms with Gasteiger partial charge in [-0.25, -0.2) is 4.39 Å². The van der Waals surface area contributed by atoms with E-state index >= 15 is 0 Å². The zero-order valence-corrected chi connectivity index (χ0v) is 15.2. The number of nitrogens with zero attached hydrogens (tertiary/aromatic N) is 2. The molecule has 1 amide bonds. The van der Waals surface area contributed by atoms with Gasteiger partial charge in [-0.2, -0.15) is 5.10 Å². The first-order chi connectivity index (χ1) is 13.1. The van der Waals surface area contributed by atoms with E-state index in [2.05, 4.69) is 10.2 Å². The third-order valence-electron chi connectivity index (χ3n) is 4.89. The van der Waals surface area contributed by atoms with Crippen molar-refractivity contribution in [1.29, 1.82) is 0 Å². The van der Waals surface area contributed by atoms with E-state index in [-0.39, 0.29) is 11.7 Å². The summed E-state index contributed by atoms with van der Waals surface area (Å²) in [4.78, 5) is 14.7. The maximum atomic E-state index is 13.9. The maximum Gasteiger partial charge on any atom is 0.273 e. The van der Waals surface area contributed by atoms with Gasteiger partial charge in [0.15, 0.2) is 0 Å². The summed E-state index contributed by atoms with van der Waals surface area (Å²) in [6.45, 7) is 2.83. The minimum absolute atomic E-state index is 0.151. The number of rotatable bonds is 5. The molecule has 6 heteroatoms. The Balaban J connectivity index is 1.86. The predicted octanol–water partition coefficient (Wildman–Crippen LogP) is 3.72. The van der Waals surface area contributed by atoms with Gasteiger partial charge in [0, 0.05) is 24.8 Å². The fourth-order valence-electron chi connectivity index (χ4n) is 3.57. The van der Waals surface area contributed by atoms with Gasteiger partial charge in [-0.15, -0.1) is 0 Å². The largest absolute Gasteiger partial charge is 0.383 e. The van der Waals surface area contributed by atoms with E-state index in [0.29, 0.717) is 30.1 Å². The molecule has 4 rings (SSSR count). The van der Waals surface area contributed by atoms with Crippen LogP contribution in [0.5, 0.6) is 0 Å². The predicted molar refractivity (Wildman–Crippen MR) is 99.9 cm³/mol. The molecule has 0 saturated carbocycles. The topological polar surface area (TPSA) is 58.2 Å². The summed E-state index contributed by atoms with van der Waals surface area (Å²) in [5, 5.41) is 7.30. The summed E-state index contributed by atoms with van der Waals surface area (Å²) in [7, 11) is 1.59. The molecule has 1 aliphatic heterocycles. The van der Waals surface area contributed by atoms with Crippen LogP contribution >= 0.6 is 0 Å². The minimum atomic E-state index is -0.409. The van der Waals surface area contributed by atoms with Crippen molar-refractivity contribution in [2.75, 3.05) is 20.3 Å². The lowest BCUT2D eigenvalue weighted by molar-refractivity contribution is 0.0677. The van der Waals surface area contributed by atoms with Crippen LogP contribution in [0.15, 0.2) is 48.5 Å². The van der Waals surface area contributed by atoms with Gasteiger partial charge in [0.25, 0.3) is 5.91 Å². The molecule has 0 saturated heterocycles. The van der Waals surface area contributed by atoms with Crippen molar-refractivity contribution in [1.82, 2.24) is 15.1 Å². The standard InChI is InChI=1S/C21H20FN3O2/c1-13-6-8-14(9-7-13)18-17-19(24-23-18)21(26)25(10-11-27-2)20(17)15-4-3-5-16(22)12-15/h3-9,12,20H,10-11H2,1-2H3,(H,23,24). The second-order valence-corrected chi connectivity index (χ2v) is 6.68. The highest BCUT2D eigenvalue weighted by molar-refractivity contribution is 6.00. The Kier molecular flexibility index (Phi) is 4.49. The van der Waals surface area contributed by atoms with Crippen molar-refractivity contribution >= 4 is 5.91 Å².